The predicted molar refractivity (Wildman–Crippen MR) is 44.8 cm³/mol. The second-order valence-corrected chi connectivity index (χ2v) is 2.70. The van der Waals surface area contributed by atoms with Crippen LogP contribution in [0.4, 0.5) is 18.9 Å². The van der Waals surface area contributed by atoms with E-state index in [4.69, 9.17) is 5.73 Å². The lowest BCUT2D eigenvalue weighted by Gasteiger charge is -2.17. The van der Waals surface area contributed by atoms with Gasteiger partial charge in [0.05, 0.1) is 5.69 Å². The molecule has 1 atom stereocenters. The third-order valence-electron chi connectivity index (χ3n) is 1.55. The lowest BCUT2D eigenvalue weighted by atomic mass is 10.4. The maximum atomic E-state index is 12.1. The number of aromatic nitrogens is 1. The normalized spacial score (nSPS) is 13.7. The third-order valence-corrected chi connectivity index (χ3v) is 1.55. The van der Waals surface area contributed by atoms with Crippen LogP contribution in [-0.4, -0.2) is 17.3 Å². The lowest BCUT2D eigenvalue weighted by Crippen LogP contribution is -2.31. The van der Waals surface area contributed by atoms with E-state index in [2.05, 4.69) is 9.72 Å². The third kappa shape index (κ3) is 2.51. The van der Waals surface area contributed by atoms with Gasteiger partial charge in [-0.25, -0.2) is 4.98 Å². The number of pyridine rings is 1. The van der Waals surface area contributed by atoms with Crippen LogP contribution in [0.25, 0.3) is 0 Å². The maximum absolute atomic E-state index is 12.1. The molecule has 2 N–H and O–H groups in total. The number of nitrogen functional groups attached to an aromatic ring is 1. The van der Waals surface area contributed by atoms with Crippen molar-refractivity contribution in [3.63, 3.8) is 0 Å². The van der Waals surface area contributed by atoms with E-state index in [1.165, 1.54) is 18.3 Å². The van der Waals surface area contributed by atoms with Gasteiger partial charge in [-0.1, -0.05) is 0 Å². The average Bonchev–Trinajstić information content (AvgIpc) is 2.07. The Kier molecular flexibility index (Phi) is 2.83. The van der Waals surface area contributed by atoms with Crippen molar-refractivity contribution in [1.82, 2.24) is 4.98 Å². The zero-order chi connectivity index (χ0) is 10.8. The van der Waals surface area contributed by atoms with Crippen molar-refractivity contribution in [2.45, 2.75) is 19.2 Å². The monoisotopic (exact) mass is 206 g/mol. The van der Waals surface area contributed by atoms with Gasteiger partial charge in [-0.05, 0) is 19.1 Å². The highest BCUT2D eigenvalue weighted by Gasteiger charge is 2.38. The summed E-state index contributed by atoms with van der Waals surface area (Å²) >= 11 is 0. The lowest BCUT2D eigenvalue weighted by molar-refractivity contribution is -0.189. The molecule has 1 heterocycles. The first kappa shape index (κ1) is 10.6. The minimum atomic E-state index is -4.41. The molecule has 6 heteroatoms. The van der Waals surface area contributed by atoms with Gasteiger partial charge in [0.15, 0.2) is 6.10 Å². The van der Waals surface area contributed by atoms with Crippen LogP contribution in [0.5, 0.6) is 5.88 Å². The van der Waals surface area contributed by atoms with Gasteiger partial charge in [0, 0.05) is 6.20 Å². The zero-order valence-corrected chi connectivity index (χ0v) is 7.38. The molecule has 1 aromatic rings. The molecule has 78 valence electrons. The second-order valence-electron chi connectivity index (χ2n) is 2.70. The van der Waals surface area contributed by atoms with Gasteiger partial charge >= 0.3 is 6.18 Å². The molecule has 0 unspecified atom stereocenters. The average molecular weight is 206 g/mol. The van der Waals surface area contributed by atoms with E-state index in [9.17, 15) is 13.2 Å². The van der Waals surface area contributed by atoms with Crippen LogP contribution in [0.15, 0.2) is 18.3 Å². The van der Waals surface area contributed by atoms with Gasteiger partial charge in [-0.15, -0.1) is 0 Å². The Bertz CT molecular complexity index is 314. The minimum Gasteiger partial charge on any atom is -0.464 e. The number of hydrogen-bond acceptors (Lipinski definition) is 3. The smallest absolute Gasteiger partial charge is 0.425 e. The van der Waals surface area contributed by atoms with E-state index < -0.39 is 12.3 Å². The Hall–Kier alpha value is -1.46. The van der Waals surface area contributed by atoms with Crippen LogP contribution in [0.3, 0.4) is 0 Å². The van der Waals surface area contributed by atoms with Gasteiger partial charge in [-0.2, -0.15) is 13.2 Å². The van der Waals surface area contributed by atoms with Crippen molar-refractivity contribution in [2.75, 3.05) is 5.73 Å². The summed E-state index contributed by atoms with van der Waals surface area (Å²) in [6.45, 7) is 0.897. The van der Waals surface area contributed by atoms with Crippen molar-refractivity contribution in [2.24, 2.45) is 0 Å². The number of nitrogens with zero attached hydrogens (tertiary/aromatic N) is 1. The van der Waals surface area contributed by atoms with Gasteiger partial charge in [0.2, 0.25) is 5.88 Å². The van der Waals surface area contributed by atoms with Gasteiger partial charge in [-0.3, -0.25) is 0 Å². The number of nitrogens with two attached hydrogens (primary N) is 1. The number of halogens is 3. The molecular formula is C8H9F3N2O. The predicted octanol–water partition coefficient (Wildman–Crippen LogP) is 1.99. The molecule has 0 amide bonds. The highest BCUT2D eigenvalue weighted by Crippen LogP contribution is 2.26. The summed E-state index contributed by atoms with van der Waals surface area (Å²) in [7, 11) is 0. The summed E-state index contributed by atoms with van der Waals surface area (Å²) in [5.74, 6) is -0.197. The summed E-state index contributed by atoms with van der Waals surface area (Å²) in [6, 6.07) is 2.94. The number of ether oxygens (including phenoxy) is 1. The topological polar surface area (TPSA) is 48.1 Å². The molecule has 0 aliphatic heterocycles. The van der Waals surface area contributed by atoms with Crippen LogP contribution in [0, 0.1) is 0 Å². The van der Waals surface area contributed by atoms with Crippen LogP contribution in [0.1, 0.15) is 6.92 Å². The molecule has 0 aliphatic rings. The van der Waals surface area contributed by atoms with Crippen LogP contribution >= 0.6 is 0 Å². The summed E-state index contributed by atoms with van der Waals surface area (Å²) in [5.41, 5.74) is 5.44. The molecule has 14 heavy (non-hydrogen) atoms. The standard InChI is InChI=1S/C8H9F3N2O/c1-5(8(9,10)11)14-7-6(12)3-2-4-13-7/h2-5H,12H2,1H3/t5-/m0/s1. The van der Waals surface area contributed by atoms with Crippen molar-refractivity contribution in [3.05, 3.63) is 18.3 Å². The molecule has 0 saturated carbocycles. The first-order valence-electron chi connectivity index (χ1n) is 3.85. The molecule has 0 aliphatic carbocycles. The van der Waals surface area contributed by atoms with Gasteiger partial charge in [0.1, 0.15) is 0 Å². The highest BCUT2D eigenvalue weighted by atomic mass is 19.4. The number of rotatable bonds is 2. The quantitative estimate of drug-likeness (QED) is 0.804. The first-order chi connectivity index (χ1) is 6.41. The molecule has 3 nitrogen and oxygen atoms in total. The molecule has 0 saturated heterocycles. The summed E-state index contributed by atoms with van der Waals surface area (Å²) in [5, 5.41) is 0. The zero-order valence-electron chi connectivity index (χ0n) is 7.38. The van der Waals surface area contributed by atoms with Gasteiger partial charge in [0.25, 0.3) is 0 Å². The largest absolute Gasteiger partial charge is 0.464 e. The summed E-state index contributed by atoms with van der Waals surface area (Å²) in [6.07, 6.45) is -5.02. The van der Waals surface area contributed by atoms with E-state index in [0.717, 1.165) is 6.92 Å². The van der Waals surface area contributed by atoms with Crippen molar-refractivity contribution >= 4 is 5.69 Å². The van der Waals surface area contributed by atoms with Crippen LogP contribution in [0.2, 0.25) is 0 Å². The molecule has 1 rings (SSSR count). The fraction of sp³-hybridized carbons (Fsp3) is 0.375. The van der Waals surface area contributed by atoms with E-state index in [-0.39, 0.29) is 11.6 Å². The summed E-state index contributed by atoms with van der Waals surface area (Å²) < 4.78 is 40.8. The molecule has 0 aromatic carbocycles. The Morgan fingerprint density at radius 2 is 2.14 bits per heavy atom. The van der Waals surface area contributed by atoms with E-state index >= 15 is 0 Å². The molecule has 0 radical (unpaired) electrons. The first-order valence-corrected chi connectivity index (χ1v) is 3.85. The molecule has 1 aromatic heterocycles. The Balaban J connectivity index is 2.75. The number of anilines is 1. The maximum Gasteiger partial charge on any atom is 0.425 e. The molecule has 0 bridgehead atoms. The van der Waals surface area contributed by atoms with Crippen molar-refractivity contribution in [1.29, 1.82) is 0 Å². The Labute approximate surface area is 78.7 Å². The Morgan fingerprint density at radius 3 is 2.64 bits per heavy atom. The molecule has 0 spiro atoms. The molecule has 0 fully saturated rings. The van der Waals surface area contributed by atoms with Gasteiger partial charge < -0.3 is 10.5 Å². The number of alkyl halides is 3. The second kappa shape index (κ2) is 3.73. The SMILES string of the molecule is C[C@H](Oc1ncccc1N)C(F)(F)F. The van der Waals surface area contributed by atoms with Crippen LogP contribution < -0.4 is 10.5 Å². The Morgan fingerprint density at radius 1 is 1.50 bits per heavy atom. The van der Waals surface area contributed by atoms with Crippen LogP contribution in [-0.2, 0) is 0 Å². The fourth-order valence-electron chi connectivity index (χ4n) is 0.736. The van der Waals surface area contributed by atoms with Crippen molar-refractivity contribution < 1.29 is 17.9 Å². The van der Waals surface area contributed by atoms with E-state index in [1.807, 2.05) is 0 Å². The highest BCUT2D eigenvalue weighted by molar-refractivity contribution is 5.46. The fourth-order valence-corrected chi connectivity index (χ4v) is 0.736. The minimum absolute atomic E-state index is 0.0867. The summed E-state index contributed by atoms with van der Waals surface area (Å²) in [4.78, 5) is 3.58. The number of hydrogen-bond donors (Lipinski definition) is 1. The van der Waals surface area contributed by atoms with E-state index in [1.54, 1.807) is 0 Å². The molecular weight excluding hydrogens is 197 g/mol. The van der Waals surface area contributed by atoms with Crippen molar-refractivity contribution in [3.8, 4) is 5.88 Å². The van der Waals surface area contributed by atoms with E-state index in [0.29, 0.717) is 0 Å².